The van der Waals surface area contributed by atoms with Crippen LogP contribution in [0.4, 0.5) is 19.0 Å². The molecule has 170 valence electrons. The number of hydrogen-bond acceptors (Lipinski definition) is 5. The third-order valence-electron chi connectivity index (χ3n) is 4.81. The van der Waals surface area contributed by atoms with E-state index in [1.54, 1.807) is 39.0 Å². The fourth-order valence-electron chi connectivity index (χ4n) is 3.42. The highest BCUT2D eigenvalue weighted by atomic mass is 35.5. The monoisotopic (exact) mass is 460 g/mol. The van der Waals surface area contributed by atoms with Crippen molar-refractivity contribution < 1.29 is 27.4 Å². The number of amides is 1. The van der Waals surface area contributed by atoms with Gasteiger partial charge in [0.25, 0.3) is 5.91 Å². The van der Waals surface area contributed by atoms with E-state index >= 15 is 0 Å². The van der Waals surface area contributed by atoms with Gasteiger partial charge in [-0.3, -0.25) is 4.79 Å². The van der Waals surface area contributed by atoms with Crippen molar-refractivity contribution >= 4 is 23.3 Å². The van der Waals surface area contributed by atoms with Crippen molar-refractivity contribution in [3.8, 4) is 11.5 Å². The second-order valence-corrected chi connectivity index (χ2v) is 8.64. The van der Waals surface area contributed by atoms with Gasteiger partial charge in [-0.1, -0.05) is 17.7 Å². The first kappa shape index (κ1) is 23.1. The minimum Gasteiger partial charge on any atom is -0.493 e. The lowest BCUT2D eigenvalue weighted by Crippen LogP contribution is -2.41. The molecule has 1 amide bonds. The molecular formula is C20H24ClF3N4O3. The first-order chi connectivity index (χ1) is 14.4. The van der Waals surface area contributed by atoms with E-state index in [1.165, 1.54) is 14.2 Å². The maximum Gasteiger partial charge on any atom is 0.410 e. The summed E-state index contributed by atoms with van der Waals surface area (Å²) in [5.41, 5.74) is -0.318. The van der Waals surface area contributed by atoms with Crippen LogP contribution in [0.2, 0.25) is 5.02 Å². The molecule has 0 saturated carbocycles. The van der Waals surface area contributed by atoms with Gasteiger partial charge in [0, 0.05) is 12.0 Å². The molecule has 0 fully saturated rings. The van der Waals surface area contributed by atoms with Crippen molar-refractivity contribution in [2.45, 2.75) is 51.0 Å². The summed E-state index contributed by atoms with van der Waals surface area (Å²) in [6.45, 7) is 5.25. The molecule has 1 aliphatic rings. The summed E-state index contributed by atoms with van der Waals surface area (Å²) in [5, 5.41) is 9.43. The van der Waals surface area contributed by atoms with E-state index < -0.39 is 29.7 Å². The van der Waals surface area contributed by atoms with E-state index in [0.717, 1.165) is 4.68 Å². The molecule has 7 nitrogen and oxygen atoms in total. The van der Waals surface area contributed by atoms with Crippen LogP contribution in [0.25, 0.3) is 0 Å². The van der Waals surface area contributed by atoms with E-state index in [0.29, 0.717) is 17.1 Å². The fraction of sp³-hybridized carbons (Fsp3) is 0.500. The molecule has 0 bridgehead atoms. The maximum absolute atomic E-state index is 13.9. The second kappa shape index (κ2) is 8.14. The number of aromatic nitrogens is 2. The minimum atomic E-state index is -4.60. The number of rotatable bonds is 4. The number of hydrogen-bond donors (Lipinski definition) is 2. The summed E-state index contributed by atoms with van der Waals surface area (Å²) in [6, 6.07) is 2.17. The standard InChI is InChI=1S/C20H24ClF3N4O3/c1-19(2,3)26-18(29)16-15(21)17-25-11(9-14(20(22,23)24)28(17)27-16)10-6-7-12(30-4)13(8-10)31-5/h6-8,11,14,25H,9H2,1-5H3,(H,26,29)/t11-,14-/m0/s1. The molecule has 0 saturated heterocycles. The van der Waals surface area contributed by atoms with Gasteiger partial charge < -0.3 is 20.1 Å². The Bertz CT molecular complexity index is 985. The lowest BCUT2D eigenvalue weighted by molar-refractivity contribution is -0.173. The van der Waals surface area contributed by atoms with Crippen LogP contribution in [-0.4, -0.2) is 41.6 Å². The van der Waals surface area contributed by atoms with E-state index in [9.17, 15) is 18.0 Å². The van der Waals surface area contributed by atoms with Crippen LogP contribution in [0, 0.1) is 0 Å². The molecule has 1 aromatic carbocycles. The minimum absolute atomic E-state index is 0.0610. The summed E-state index contributed by atoms with van der Waals surface area (Å²) in [4.78, 5) is 12.6. The number of carbonyl (C=O) groups excluding carboxylic acids is 1. The predicted octanol–water partition coefficient (Wildman–Crippen LogP) is 4.74. The van der Waals surface area contributed by atoms with Crippen LogP contribution in [0.15, 0.2) is 18.2 Å². The lowest BCUT2D eigenvalue weighted by atomic mass is 9.96. The second-order valence-electron chi connectivity index (χ2n) is 8.26. The average molecular weight is 461 g/mol. The number of alkyl halides is 3. The smallest absolute Gasteiger partial charge is 0.410 e. The Balaban J connectivity index is 2.04. The van der Waals surface area contributed by atoms with Gasteiger partial charge in [-0.05, 0) is 38.5 Å². The summed E-state index contributed by atoms with van der Waals surface area (Å²) >= 11 is 6.32. The number of anilines is 1. The first-order valence-corrected chi connectivity index (χ1v) is 9.89. The highest BCUT2D eigenvalue weighted by Crippen LogP contribution is 2.47. The quantitative estimate of drug-likeness (QED) is 0.689. The molecule has 1 aliphatic heterocycles. The molecule has 0 unspecified atom stereocenters. The van der Waals surface area contributed by atoms with E-state index in [2.05, 4.69) is 15.7 Å². The molecular weight excluding hydrogens is 437 g/mol. The zero-order chi connectivity index (χ0) is 23.1. The molecule has 2 aromatic rings. The van der Waals surface area contributed by atoms with Crippen LogP contribution in [0.5, 0.6) is 11.5 Å². The average Bonchev–Trinajstić information content (AvgIpc) is 3.01. The van der Waals surface area contributed by atoms with Gasteiger partial charge in [-0.15, -0.1) is 0 Å². The van der Waals surface area contributed by atoms with Gasteiger partial charge in [0.2, 0.25) is 0 Å². The Kier molecular flexibility index (Phi) is 6.05. The zero-order valence-corrected chi connectivity index (χ0v) is 18.5. The number of nitrogens with one attached hydrogen (secondary N) is 2. The van der Waals surface area contributed by atoms with Crippen LogP contribution in [-0.2, 0) is 0 Å². The maximum atomic E-state index is 13.9. The Labute approximate surface area is 182 Å². The Hall–Kier alpha value is -2.62. The summed E-state index contributed by atoms with van der Waals surface area (Å²) < 4.78 is 52.9. The summed E-state index contributed by atoms with van der Waals surface area (Å²) in [6.07, 6.45) is -4.94. The molecule has 2 N–H and O–H groups in total. The van der Waals surface area contributed by atoms with Crippen LogP contribution in [0.1, 0.15) is 55.3 Å². The molecule has 11 heteroatoms. The third kappa shape index (κ3) is 4.68. The highest BCUT2D eigenvalue weighted by molar-refractivity contribution is 6.36. The number of benzene rings is 1. The van der Waals surface area contributed by atoms with E-state index in [1.807, 2.05) is 0 Å². The molecule has 0 spiro atoms. The molecule has 3 rings (SSSR count). The zero-order valence-electron chi connectivity index (χ0n) is 17.7. The van der Waals surface area contributed by atoms with Gasteiger partial charge in [0.05, 0.1) is 20.3 Å². The SMILES string of the molecule is COc1ccc([C@@H]2C[C@@H](C(F)(F)F)n3nc(C(=O)NC(C)(C)C)c(Cl)c3N2)cc1OC. The number of carbonyl (C=O) groups is 1. The molecule has 0 aliphatic carbocycles. The molecule has 2 heterocycles. The Morgan fingerprint density at radius 2 is 1.87 bits per heavy atom. The number of methoxy groups -OCH3 is 2. The van der Waals surface area contributed by atoms with Gasteiger partial charge in [0.1, 0.15) is 10.8 Å². The van der Waals surface area contributed by atoms with Crippen molar-refractivity contribution in [2.24, 2.45) is 0 Å². The topological polar surface area (TPSA) is 77.4 Å². The van der Waals surface area contributed by atoms with Crippen LogP contribution < -0.4 is 20.1 Å². The van der Waals surface area contributed by atoms with Crippen LogP contribution in [0.3, 0.4) is 0 Å². The first-order valence-electron chi connectivity index (χ1n) is 9.51. The van der Waals surface area contributed by atoms with Crippen molar-refractivity contribution in [1.29, 1.82) is 0 Å². The van der Waals surface area contributed by atoms with Crippen molar-refractivity contribution in [2.75, 3.05) is 19.5 Å². The fourth-order valence-corrected chi connectivity index (χ4v) is 3.69. The number of nitrogens with zero attached hydrogens (tertiary/aromatic N) is 2. The normalized spacial score (nSPS) is 18.7. The van der Waals surface area contributed by atoms with Crippen molar-refractivity contribution in [1.82, 2.24) is 15.1 Å². The van der Waals surface area contributed by atoms with Gasteiger partial charge in [0.15, 0.2) is 23.2 Å². The number of fused-ring (bicyclic) bond motifs is 1. The molecule has 0 radical (unpaired) electrons. The molecule has 1 aromatic heterocycles. The van der Waals surface area contributed by atoms with Crippen molar-refractivity contribution in [3.63, 3.8) is 0 Å². The number of ether oxygens (including phenoxy) is 2. The van der Waals surface area contributed by atoms with Gasteiger partial charge in [-0.2, -0.15) is 18.3 Å². The van der Waals surface area contributed by atoms with E-state index in [-0.39, 0.29) is 23.0 Å². The summed E-state index contributed by atoms with van der Waals surface area (Å²) in [5.74, 6) is 0.137. The highest BCUT2D eigenvalue weighted by Gasteiger charge is 2.48. The number of halogens is 4. The van der Waals surface area contributed by atoms with Crippen LogP contribution >= 0.6 is 11.6 Å². The predicted molar refractivity (Wildman–Crippen MR) is 110 cm³/mol. The van der Waals surface area contributed by atoms with E-state index in [4.69, 9.17) is 21.1 Å². The Morgan fingerprint density at radius 3 is 2.42 bits per heavy atom. The molecule has 2 atom stereocenters. The molecule has 31 heavy (non-hydrogen) atoms. The third-order valence-corrected chi connectivity index (χ3v) is 5.17. The van der Waals surface area contributed by atoms with Crippen molar-refractivity contribution in [3.05, 3.63) is 34.5 Å². The lowest BCUT2D eigenvalue weighted by Gasteiger charge is -2.33. The van der Waals surface area contributed by atoms with Gasteiger partial charge >= 0.3 is 6.18 Å². The summed E-state index contributed by atoms with van der Waals surface area (Å²) in [7, 11) is 2.92. The Morgan fingerprint density at radius 1 is 1.23 bits per heavy atom. The van der Waals surface area contributed by atoms with Gasteiger partial charge in [-0.25, -0.2) is 4.68 Å². The largest absolute Gasteiger partial charge is 0.493 e.